The number of rotatable bonds is 3. The molecule has 140 valence electrons. The van der Waals surface area contributed by atoms with Gasteiger partial charge in [0.1, 0.15) is 0 Å². The Labute approximate surface area is 145 Å². The van der Waals surface area contributed by atoms with Crippen LogP contribution in [0.1, 0.15) is 55.3 Å². The van der Waals surface area contributed by atoms with Gasteiger partial charge in [-0.05, 0) is 25.0 Å². The molecule has 0 unspecified atom stereocenters. The molecule has 5 nitrogen and oxygen atoms in total. The Bertz CT molecular complexity index is 712. The maximum Gasteiger partial charge on any atom is 0.503 e. The highest BCUT2D eigenvalue weighted by molar-refractivity contribution is 7.92. The molecule has 1 aliphatic carbocycles. The normalized spacial score (nSPS) is 17.6. The molecule has 0 bridgehead atoms. The minimum atomic E-state index is -5.69. The lowest BCUT2D eigenvalue weighted by molar-refractivity contribution is -0.0438. The first kappa shape index (κ1) is 19.7. The van der Waals surface area contributed by atoms with E-state index in [-0.39, 0.29) is 6.04 Å². The molecule has 9 heteroatoms. The van der Waals surface area contributed by atoms with Crippen LogP contribution < -0.4 is 0 Å². The summed E-state index contributed by atoms with van der Waals surface area (Å²) >= 11 is 0. The standard InChI is InChI=1S/C16H21F3N2O3S/c1-21(12-8-5-3-2-4-6-9-12)15(22)13-10-7-11-20-14(13)25(23,24)16(17,18)19/h7,10-12H,2-6,8-9H2,1H3. The summed E-state index contributed by atoms with van der Waals surface area (Å²) in [6.07, 6.45) is 7.56. The van der Waals surface area contributed by atoms with Crippen molar-refractivity contribution in [3.63, 3.8) is 0 Å². The van der Waals surface area contributed by atoms with Crippen molar-refractivity contribution in [2.45, 2.75) is 61.5 Å². The molecule has 1 saturated carbocycles. The SMILES string of the molecule is CN(C(=O)c1cccnc1S(=O)(=O)C(F)(F)F)C1CCCCCCC1. The maximum absolute atomic E-state index is 12.9. The summed E-state index contributed by atoms with van der Waals surface area (Å²) in [6, 6.07) is 2.22. The van der Waals surface area contributed by atoms with E-state index in [2.05, 4.69) is 4.98 Å². The largest absolute Gasteiger partial charge is 0.503 e. The molecule has 0 saturated heterocycles. The summed E-state index contributed by atoms with van der Waals surface area (Å²) < 4.78 is 62.0. The van der Waals surface area contributed by atoms with Gasteiger partial charge in [-0.3, -0.25) is 4.79 Å². The highest BCUT2D eigenvalue weighted by atomic mass is 32.2. The molecule has 0 N–H and O–H groups in total. The molecule has 1 fully saturated rings. The van der Waals surface area contributed by atoms with Crippen LogP contribution in [0, 0.1) is 0 Å². The van der Waals surface area contributed by atoms with Crippen LogP contribution in [0.4, 0.5) is 13.2 Å². The van der Waals surface area contributed by atoms with Gasteiger partial charge in [0.25, 0.3) is 15.7 Å². The molecule has 2 rings (SSSR count). The summed E-state index contributed by atoms with van der Waals surface area (Å²) in [5, 5.41) is -1.23. The van der Waals surface area contributed by atoms with Gasteiger partial charge in [0.05, 0.1) is 5.56 Å². The van der Waals surface area contributed by atoms with E-state index in [0.717, 1.165) is 57.2 Å². The van der Waals surface area contributed by atoms with Crippen LogP contribution in [-0.2, 0) is 9.84 Å². The third-order valence-corrected chi connectivity index (χ3v) is 5.95. The molecule has 1 aromatic heterocycles. The minimum Gasteiger partial charge on any atom is -0.339 e. The van der Waals surface area contributed by atoms with Crippen molar-refractivity contribution in [3.8, 4) is 0 Å². The topological polar surface area (TPSA) is 67.3 Å². The Morgan fingerprint density at radius 2 is 1.72 bits per heavy atom. The first-order chi connectivity index (χ1) is 11.7. The number of carbonyl (C=O) groups is 1. The third kappa shape index (κ3) is 4.31. The molecule has 1 aromatic rings. The predicted octanol–water partition coefficient (Wildman–Crippen LogP) is 3.56. The average Bonchev–Trinajstić information content (AvgIpc) is 2.52. The number of amides is 1. The number of pyridine rings is 1. The quantitative estimate of drug-likeness (QED) is 0.807. The second-order valence-corrected chi connectivity index (χ2v) is 8.08. The summed E-state index contributed by atoms with van der Waals surface area (Å²) in [5.41, 5.74) is -6.04. The Kier molecular flexibility index (Phi) is 6.08. The fraction of sp³-hybridized carbons (Fsp3) is 0.625. The Hall–Kier alpha value is -1.64. The van der Waals surface area contributed by atoms with Crippen molar-refractivity contribution in [1.29, 1.82) is 0 Å². The van der Waals surface area contributed by atoms with Crippen LogP contribution >= 0.6 is 0 Å². The van der Waals surface area contributed by atoms with Crippen molar-refractivity contribution in [3.05, 3.63) is 23.9 Å². The van der Waals surface area contributed by atoms with Gasteiger partial charge in [0.2, 0.25) is 0 Å². The lowest BCUT2D eigenvalue weighted by atomic mass is 9.95. The molecule has 1 aliphatic rings. The van der Waals surface area contributed by atoms with Crippen LogP contribution in [0.25, 0.3) is 0 Å². The van der Waals surface area contributed by atoms with Gasteiger partial charge in [0, 0.05) is 19.3 Å². The zero-order valence-corrected chi connectivity index (χ0v) is 14.7. The number of nitrogens with zero attached hydrogens (tertiary/aromatic N) is 2. The highest BCUT2D eigenvalue weighted by Gasteiger charge is 2.49. The third-order valence-electron chi connectivity index (χ3n) is 4.50. The van der Waals surface area contributed by atoms with E-state index in [0.29, 0.717) is 0 Å². The highest BCUT2D eigenvalue weighted by Crippen LogP contribution is 2.31. The molecule has 0 aliphatic heterocycles. The van der Waals surface area contributed by atoms with Crippen LogP contribution in [-0.4, -0.2) is 42.8 Å². The average molecular weight is 378 g/mol. The Morgan fingerprint density at radius 3 is 2.28 bits per heavy atom. The van der Waals surface area contributed by atoms with Gasteiger partial charge in [-0.25, -0.2) is 13.4 Å². The van der Waals surface area contributed by atoms with Gasteiger partial charge in [0.15, 0.2) is 5.03 Å². The van der Waals surface area contributed by atoms with Gasteiger partial charge in [-0.1, -0.05) is 32.1 Å². The number of aromatic nitrogens is 1. The number of hydrogen-bond acceptors (Lipinski definition) is 4. The van der Waals surface area contributed by atoms with E-state index in [1.807, 2.05) is 0 Å². The fourth-order valence-electron chi connectivity index (χ4n) is 3.06. The van der Waals surface area contributed by atoms with Crippen molar-refractivity contribution < 1.29 is 26.4 Å². The van der Waals surface area contributed by atoms with Gasteiger partial charge >= 0.3 is 5.51 Å². The smallest absolute Gasteiger partial charge is 0.339 e. The first-order valence-electron chi connectivity index (χ1n) is 8.20. The zero-order valence-electron chi connectivity index (χ0n) is 13.9. The molecule has 1 heterocycles. The van der Waals surface area contributed by atoms with E-state index in [1.165, 1.54) is 18.0 Å². The van der Waals surface area contributed by atoms with E-state index in [9.17, 15) is 26.4 Å². The molecule has 1 amide bonds. The zero-order chi connectivity index (χ0) is 18.7. The Balaban J connectivity index is 2.33. The maximum atomic E-state index is 12.9. The van der Waals surface area contributed by atoms with Crippen LogP contribution in [0.5, 0.6) is 0 Å². The molecule has 0 aromatic carbocycles. The van der Waals surface area contributed by atoms with Crippen LogP contribution in [0.3, 0.4) is 0 Å². The summed E-state index contributed by atoms with van der Waals surface area (Å²) in [7, 11) is -4.18. The van der Waals surface area contributed by atoms with Crippen LogP contribution in [0.2, 0.25) is 0 Å². The fourth-order valence-corrected chi connectivity index (χ4v) is 3.92. The van der Waals surface area contributed by atoms with E-state index < -0.39 is 31.8 Å². The van der Waals surface area contributed by atoms with Crippen LogP contribution in [0.15, 0.2) is 23.4 Å². The molecular weight excluding hydrogens is 357 g/mol. The minimum absolute atomic E-state index is 0.116. The molecule has 0 spiro atoms. The molecular formula is C16H21F3N2O3S. The monoisotopic (exact) mass is 378 g/mol. The number of halogens is 3. The second kappa shape index (κ2) is 7.72. The van der Waals surface area contributed by atoms with Crippen molar-refractivity contribution in [2.75, 3.05) is 7.05 Å². The number of hydrogen-bond donors (Lipinski definition) is 0. The Morgan fingerprint density at radius 1 is 1.16 bits per heavy atom. The predicted molar refractivity (Wildman–Crippen MR) is 85.7 cm³/mol. The number of carbonyl (C=O) groups excluding carboxylic acids is 1. The summed E-state index contributed by atoms with van der Waals surface area (Å²) in [4.78, 5) is 17.4. The number of alkyl halides is 3. The van der Waals surface area contributed by atoms with E-state index in [1.54, 1.807) is 0 Å². The lowest BCUT2D eigenvalue weighted by Gasteiger charge is -2.30. The molecule has 0 radical (unpaired) electrons. The summed E-state index contributed by atoms with van der Waals surface area (Å²) in [5.74, 6) is -0.749. The second-order valence-electron chi connectivity index (χ2n) is 6.22. The van der Waals surface area contributed by atoms with E-state index in [4.69, 9.17) is 0 Å². The van der Waals surface area contributed by atoms with E-state index >= 15 is 0 Å². The summed E-state index contributed by atoms with van der Waals surface area (Å²) in [6.45, 7) is 0. The van der Waals surface area contributed by atoms with Crippen molar-refractivity contribution >= 4 is 15.7 Å². The van der Waals surface area contributed by atoms with Crippen molar-refractivity contribution in [2.24, 2.45) is 0 Å². The lowest BCUT2D eigenvalue weighted by Crippen LogP contribution is -2.38. The molecule has 0 atom stereocenters. The molecule has 25 heavy (non-hydrogen) atoms. The van der Waals surface area contributed by atoms with Crippen molar-refractivity contribution in [1.82, 2.24) is 9.88 Å². The van der Waals surface area contributed by atoms with Gasteiger partial charge < -0.3 is 4.90 Å². The van der Waals surface area contributed by atoms with Gasteiger partial charge in [-0.15, -0.1) is 0 Å². The van der Waals surface area contributed by atoms with Gasteiger partial charge in [-0.2, -0.15) is 13.2 Å². The first-order valence-corrected chi connectivity index (χ1v) is 9.68. The number of sulfone groups is 1.